The zero-order valence-electron chi connectivity index (χ0n) is 13.7. The summed E-state index contributed by atoms with van der Waals surface area (Å²) in [6, 6.07) is 10.4. The van der Waals surface area contributed by atoms with Gasteiger partial charge in [-0.25, -0.2) is 0 Å². The average Bonchev–Trinajstić information content (AvgIpc) is 2.51. The normalized spacial score (nSPS) is 25.1. The maximum Gasteiger partial charge on any atom is 0.0627 e. The van der Waals surface area contributed by atoms with Crippen molar-refractivity contribution >= 4 is 11.6 Å². The van der Waals surface area contributed by atoms with Crippen molar-refractivity contribution < 1.29 is 0 Å². The summed E-state index contributed by atoms with van der Waals surface area (Å²) in [5.74, 6) is 1.33. The number of hydrogen-bond donors (Lipinski definition) is 1. The van der Waals surface area contributed by atoms with Crippen LogP contribution in [0.2, 0.25) is 5.02 Å². The van der Waals surface area contributed by atoms with Crippen molar-refractivity contribution in [1.82, 2.24) is 5.32 Å². The molecule has 1 aromatic carbocycles. The van der Waals surface area contributed by atoms with E-state index in [0.717, 1.165) is 24.0 Å². The van der Waals surface area contributed by atoms with Gasteiger partial charge in [-0.3, -0.25) is 0 Å². The number of nitriles is 1. The number of benzene rings is 1. The minimum atomic E-state index is 0.258. The van der Waals surface area contributed by atoms with Crippen molar-refractivity contribution in [3.8, 4) is 6.07 Å². The predicted molar refractivity (Wildman–Crippen MR) is 92.6 cm³/mol. The van der Waals surface area contributed by atoms with Crippen LogP contribution in [-0.2, 0) is 6.54 Å². The van der Waals surface area contributed by atoms with Crippen LogP contribution < -0.4 is 5.32 Å². The molecule has 0 saturated heterocycles. The number of rotatable bonds is 6. The Balaban J connectivity index is 1.78. The van der Waals surface area contributed by atoms with Gasteiger partial charge in [0.25, 0.3) is 0 Å². The van der Waals surface area contributed by atoms with Crippen LogP contribution in [0.1, 0.15) is 51.5 Å². The van der Waals surface area contributed by atoms with Gasteiger partial charge in [0.15, 0.2) is 0 Å². The molecule has 1 aliphatic rings. The largest absolute Gasteiger partial charge is 0.312 e. The SMILES string of the molecule is CC(C)C1(CC#N)CCC(CNCc2ccccc2Cl)CC1. The summed E-state index contributed by atoms with van der Waals surface area (Å²) in [6.07, 6.45) is 5.56. The first-order valence-corrected chi connectivity index (χ1v) is 8.76. The molecule has 1 N–H and O–H groups in total. The smallest absolute Gasteiger partial charge is 0.0627 e. The second-order valence-electron chi connectivity index (χ2n) is 7.02. The summed E-state index contributed by atoms with van der Waals surface area (Å²) in [5.41, 5.74) is 1.43. The number of nitrogens with zero attached hydrogens (tertiary/aromatic N) is 1. The van der Waals surface area contributed by atoms with Crippen LogP contribution >= 0.6 is 11.6 Å². The lowest BCUT2D eigenvalue weighted by molar-refractivity contribution is 0.0949. The molecule has 2 nitrogen and oxygen atoms in total. The summed E-state index contributed by atoms with van der Waals surface area (Å²) >= 11 is 6.18. The first kappa shape index (κ1) is 17.3. The van der Waals surface area contributed by atoms with E-state index >= 15 is 0 Å². The van der Waals surface area contributed by atoms with Gasteiger partial charge >= 0.3 is 0 Å². The summed E-state index contributed by atoms with van der Waals surface area (Å²) in [4.78, 5) is 0. The first-order chi connectivity index (χ1) is 10.6. The van der Waals surface area contributed by atoms with Gasteiger partial charge in [-0.1, -0.05) is 43.6 Å². The predicted octanol–water partition coefficient (Wildman–Crippen LogP) is 5.18. The number of halogens is 1. The van der Waals surface area contributed by atoms with Crippen molar-refractivity contribution in [1.29, 1.82) is 5.26 Å². The van der Waals surface area contributed by atoms with E-state index in [-0.39, 0.29) is 5.41 Å². The lowest BCUT2D eigenvalue weighted by Gasteiger charge is -2.42. The van der Waals surface area contributed by atoms with Gasteiger partial charge in [0.2, 0.25) is 0 Å². The second kappa shape index (κ2) is 7.99. The molecule has 0 radical (unpaired) electrons. The third-order valence-electron chi connectivity index (χ3n) is 5.46. The zero-order valence-corrected chi connectivity index (χ0v) is 14.5. The van der Waals surface area contributed by atoms with Crippen molar-refractivity contribution in [3.63, 3.8) is 0 Å². The van der Waals surface area contributed by atoms with E-state index in [4.69, 9.17) is 16.9 Å². The zero-order chi connectivity index (χ0) is 16.0. The van der Waals surface area contributed by atoms with Crippen LogP contribution in [0.15, 0.2) is 24.3 Å². The van der Waals surface area contributed by atoms with Gasteiger partial charge in [0.05, 0.1) is 6.07 Å². The molecule has 0 heterocycles. The first-order valence-electron chi connectivity index (χ1n) is 8.38. The van der Waals surface area contributed by atoms with E-state index in [1.165, 1.54) is 31.2 Å². The summed E-state index contributed by atoms with van der Waals surface area (Å²) in [6.45, 7) is 6.43. The van der Waals surface area contributed by atoms with Gasteiger partial charge in [-0.2, -0.15) is 5.26 Å². The topological polar surface area (TPSA) is 35.8 Å². The Morgan fingerprint density at radius 1 is 1.32 bits per heavy atom. The lowest BCUT2D eigenvalue weighted by atomic mass is 9.63. The molecule has 0 aromatic heterocycles. The van der Waals surface area contributed by atoms with E-state index < -0.39 is 0 Å². The maximum atomic E-state index is 9.12. The Kier molecular flexibility index (Phi) is 6.29. The third-order valence-corrected chi connectivity index (χ3v) is 5.83. The minimum absolute atomic E-state index is 0.258. The molecule has 22 heavy (non-hydrogen) atoms. The Hall–Kier alpha value is -1.04. The van der Waals surface area contributed by atoms with Crippen LogP contribution in [0.3, 0.4) is 0 Å². The molecular formula is C19H27ClN2. The van der Waals surface area contributed by atoms with E-state index in [1.807, 2.05) is 18.2 Å². The quantitative estimate of drug-likeness (QED) is 0.784. The summed E-state index contributed by atoms with van der Waals surface area (Å²) in [7, 11) is 0. The molecule has 2 rings (SSSR count). The average molecular weight is 319 g/mol. The van der Waals surface area contributed by atoms with Crippen LogP contribution in [0.25, 0.3) is 0 Å². The molecule has 0 aliphatic heterocycles. The molecule has 1 saturated carbocycles. The Morgan fingerprint density at radius 2 is 2.00 bits per heavy atom. The highest BCUT2D eigenvalue weighted by Crippen LogP contribution is 2.46. The van der Waals surface area contributed by atoms with Crippen molar-refractivity contribution in [3.05, 3.63) is 34.9 Å². The summed E-state index contributed by atoms with van der Waals surface area (Å²) in [5, 5.41) is 13.5. The van der Waals surface area contributed by atoms with E-state index in [2.05, 4.69) is 31.3 Å². The van der Waals surface area contributed by atoms with Gasteiger partial charge in [-0.05, 0) is 61.1 Å². The van der Waals surface area contributed by atoms with Gasteiger partial charge < -0.3 is 5.32 Å². The molecule has 0 amide bonds. The number of hydrogen-bond acceptors (Lipinski definition) is 2. The molecule has 0 unspecified atom stereocenters. The van der Waals surface area contributed by atoms with Crippen LogP contribution in [0.5, 0.6) is 0 Å². The fourth-order valence-corrected chi connectivity index (χ4v) is 3.83. The van der Waals surface area contributed by atoms with E-state index in [1.54, 1.807) is 0 Å². The van der Waals surface area contributed by atoms with Gasteiger partial charge in [0.1, 0.15) is 0 Å². The van der Waals surface area contributed by atoms with E-state index in [0.29, 0.717) is 12.3 Å². The maximum absolute atomic E-state index is 9.12. The van der Waals surface area contributed by atoms with E-state index in [9.17, 15) is 0 Å². The van der Waals surface area contributed by atoms with Crippen LogP contribution in [-0.4, -0.2) is 6.54 Å². The second-order valence-corrected chi connectivity index (χ2v) is 7.42. The summed E-state index contributed by atoms with van der Waals surface area (Å²) < 4.78 is 0. The fourth-order valence-electron chi connectivity index (χ4n) is 3.63. The highest BCUT2D eigenvalue weighted by atomic mass is 35.5. The monoisotopic (exact) mass is 318 g/mol. The Bertz CT molecular complexity index is 510. The van der Waals surface area contributed by atoms with Crippen molar-refractivity contribution in [2.45, 2.75) is 52.5 Å². The molecule has 1 aliphatic carbocycles. The van der Waals surface area contributed by atoms with Crippen molar-refractivity contribution in [2.75, 3.05) is 6.54 Å². The van der Waals surface area contributed by atoms with Crippen LogP contribution in [0, 0.1) is 28.6 Å². The molecule has 0 atom stereocenters. The Morgan fingerprint density at radius 3 is 2.59 bits per heavy atom. The minimum Gasteiger partial charge on any atom is -0.312 e. The fraction of sp³-hybridized carbons (Fsp3) is 0.632. The van der Waals surface area contributed by atoms with Gasteiger partial charge in [0, 0.05) is 18.0 Å². The van der Waals surface area contributed by atoms with Gasteiger partial charge in [-0.15, -0.1) is 0 Å². The molecular weight excluding hydrogens is 292 g/mol. The van der Waals surface area contributed by atoms with Crippen LogP contribution in [0.4, 0.5) is 0 Å². The Labute approximate surface area is 139 Å². The standard InChI is InChI=1S/C19H27ClN2/c1-15(2)19(11-12-21)9-7-16(8-10-19)13-22-14-17-5-3-4-6-18(17)20/h3-6,15-16,22H,7-11,13-14H2,1-2H3. The lowest BCUT2D eigenvalue weighted by Crippen LogP contribution is -2.35. The molecule has 1 fully saturated rings. The highest BCUT2D eigenvalue weighted by Gasteiger charge is 2.37. The molecule has 1 aromatic rings. The number of nitrogens with one attached hydrogen (secondary N) is 1. The molecule has 120 valence electrons. The molecule has 0 spiro atoms. The third kappa shape index (κ3) is 4.24. The van der Waals surface area contributed by atoms with Crippen molar-refractivity contribution in [2.24, 2.45) is 17.3 Å². The highest BCUT2D eigenvalue weighted by molar-refractivity contribution is 6.31. The molecule has 0 bridgehead atoms. The molecule has 3 heteroatoms.